The summed E-state index contributed by atoms with van der Waals surface area (Å²) in [6.07, 6.45) is 0. The summed E-state index contributed by atoms with van der Waals surface area (Å²) in [5, 5.41) is 0. The third-order valence-corrected chi connectivity index (χ3v) is 4.48. The number of hydrogen-bond acceptors (Lipinski definition) is 2. The van der Waals surface area contributed by atoms with Crippen molar-refractivity contribution in [1.29, 1.82) is 0 Å². The molecule has 0 unspecified atom stereocenters. The molecule has 132 valence electrons. The topological polar surface area (TPSA) is 34.1 Å². The molecule has 0 radical (unpaired) electrons. The third kappa shape index (κ3) is 3.61. The van der Waals surface area contributed by atoms with Crippen LogP contribution < -0.4 is 0 Å². The van der Waals surface area contributed by atoms with Crippen molar-refractivity contribution >= 4 is 11.6 Å². The van der Waals surface area contributed by atoms with Gasteiger partial charge in [-0.3, -0.25) is 9.59 Å². The van der Waals surface area contributed by atoms with Gasteiger partial charge in [-0.1, -0.05) is 35.9 Å². The van der Waals surface area contributed by atoms with Gasteiger partial charge in [-0.25, -0.2) is 12.1 Å². The molecule has 0 spiro atoms. The Morgan fingerprint density at radius 2 is 1.19 bits per heavy atom. The van der Waals surface area contributed by atoms with Crippen LogP contribution in [-0.4, -0.2) is 11.6 Å². The smallest absolute Gasteiger partial charge is 0.289 e. The molecule has 3 heteroatoms. The molecule has 4 aromatic carbocycles. The van der Waals surface area contributed by atoms with Gasteiger partial charge >= 0.3 is 17.1 Å². The van der Waals surface area contributed by atoms with Crippen LogP contribution in [0.2, 0.25) is 0 Å². The summed E-state index contributed by atoms with van der Waals surface area (Å²) in [5.41, 5.74) is 3.99. The van der Waals surface area contributed by atoms with Crippen molar-refractivity contribution in [2.75, 3.05) is 0 Å². The van der Waals surface area contributed by atoms with E-state index >= 15 is 0 Å². The Kier molecular flexibility index (Phi) is 5.66. The zero-order chi connectivity index (χ0) is 17.9. The van der Waals surface area contributed by atoms with Crippen LogP contribution in [0.4, 0.5) is 0 Å². The van der Waals surface area contributed by atoms with E-state index in [9.17, 15) is 9.59 Å². The van der Waals surface area contributed by atoms with Crippen molar-refractivity contribution in [3.63, 3.8) is 0 Å². The van der Waals surface area contributed by atoms with Gasteiger partial charge in [0.1, 0.15) is 0 Å². The van der Waals surface area contributed by atoms with Crippen molar-refractivity contribution in [3.8, 4) is 11.1 Å². The predicted molar refractivity (Wildman–Crippen MR) is 103 cm³/mol. The summed E-state index contributed by atoms with van der Waals surface area (Å²) in [4.78, 5) is 25.1. The van der Waals surface area contributed by atoms with E-state index in [0.717, 1.165) is 11.1 Å². The van der Waals surface area contributed by atoms with Gasteiger partial charge in [-0.2, -0.15) is 30.3 Å². The quantitative estimate of drug-likeness (QED) is 0.288. The van der Waals surface area contributed by atoms with Crippen molar-refractivity contribution in [1.82, 2.24) is 0 Å². The molecule has 0 heterocycles. The number of fused-ring (bicyclic) bond motifs is 2. The van der Waals surface area contributed by atoms with E-state index in [0.29, 0.717) is 22.3 Å². The minimum Gasteiger partial charge on any atom is -0.289 e. The van der Waals surface area contributed by atoms with Crippen LogP contribution in [0.1, 0.15) is 31.8 Å². The zero-order valence-electron chi connectivity index (χ0n) is 14.4. The van der Waals surface area contributed by atoms with Crippen LogP contribution in [0, 0.1) is 0 Å². The molecule has 0 fully saturated rings. The Hall–Kier alpha value is -3.00. The van der Waals surface area contributed by atoms with Gasteiger partial charge in [0.15, 0.2) is 11.6 Å². The second-order valence-corrected chi connectivity index (χ2v) is 6.10. The molecule has 5 rings (SSSR count). The standard InChI is InChI=1S/C19H11O2.C5H5.Fe/c20-18-14-7-3-4-8-15(14)19(21)17-11-13(9-10-16(17)18)12-5-1-2-6-12;1-2-4-5-3-1;/h1-11H;1-5H;/q2*-1;+2. The molecular weight excluding hydrogens is 376 g/mol. The molecule has 0 N–H and O–H groups in total. The number of hydrogen-bond donors (Lipinski definition) is 0. The van der Waals surface area contributed by atoms with E-state index in [4.69, 9.17) is 0 Å². The largest absolute Gasteiger partial charge is 2.00 e. The monoisotopic (exact) mass is 392 g/mol. The molecule has 4 aromatic rings. The fourth-order valence-corrected chi connectivity index (χ4v) is 3.17. The van der Waals surface area contributed by atoms with Gasteiger partial charge in [0, 0.05) is 22.3 Å². The fraction of sp³-hybridized carbons (Fsp3) is 0. The maximum atomic E-state index is 12.6. The maximum Gasteiger partial charge on any atom is 2.00 e. The molecular formula is C24H16FeO2. The van der Waals surface area contributed by atoms with Gasteiger partial charge in [0.25, 0.3) is 0 Å². The minimum atomic E-state index is -0.0754. The molecule has 0 saturated carbocycles. The number of ketones is 2. The third-order valence-electron chi connectivity index (χ3n) is 4.48. The van der Waals surface area contributed by atoms with Crippen LogP contribution in [0.3, 0.4) is 0 Å². The molecule has 0 bridgehead atoms. The fourth-order valence-electron chi connectivity index (χ4n) is 3.17. The maximum absolute atomic E-state index is 12.6. The van der Waals surface area contributed by atoms with Gasteiger partial charge in [0.05, 0.1) is 0 Å². The van der Waals surface area contributed by atoms with Crippen molar-refractivity contribution < 1.29 is 26.7 Å². The average Bonchev–Trinajstić information content (AvgIpc) is 3.42. The Bertz CT molecular complexity index is 1040. The predicted octanol–water partition coefficient (Wildman–Crippen LogP) is 5.25. The average molecular weight is 392 g/mol. The molecule has 0 aromatic heterocycles. The molecule has 1 aliphatic carbocycles. The Morgan fingerprint density at radius 3 is 1.74 bits per heavy atom. The molecule has 0 aliphatic heterocycles. The van der Waals surface area contributed by atoms with Crippen molar-refractivity contribution in [3.05, 3.63) is 119 Å². The minimum absolute atomic E-state index is 0. The first-order valence-corrected chi connectivity index (χ1v) is 8.47. The van der Waals surface area contributed by atoms with Gasteiger partial charge < -0.3 is 0 Å². The van der Waals surface area contributed by atoms with E-state index in [1.807, 2.05) is 66.7 Å². The van der Waals surface area contributed by atoms with Crippen molar-refractivity contribution in [2.45, 2.75) is 0 Å². The van der Waals surface area contributed by atoms with Crippen LogP contribution >= 0.6 is 0 Å². The van der Waals surface area contributed by atoms with E-state index in [1.54, 1.807) is 30.3 Å². The normalized spacial score (nSPS) is 11.6. The number of carbonyl (C=O) groups is 2. The first kappa shape index (κ1) is 18.8. The summed E-state index contributed by atoms with van der Waals surface area (Å²) in [5.74, 6) is -0.150. The van der Waals surface area contributed by atoms with Gasteiger partial charge in [-0.15, -0.1) is 29.8 Å². The molecule has 27 heavy (non-hydrogen) atoms. The molecule has 0 saturated heterocycles. The summed E-state index contributed by atoms with van der Waals surface area (Å²) >= 11 is 0. The Morgan fingerprint density at radius 1 is 0.630 bits per heavy atom. The number of carbonyl (C=O) groups excluding carboxylic acids is 2. The van der Waals surface area contributed by atoms with E-state index in [-0.39, 0.29) is 28.6 Å². The second kappa shape index (κ2) is 8.13. The van der Waals surface area contributed by atoms with Crippen LogP contribution in [-0.2, 0) is 17.1 Å². The van der Waals surface area contributed by atoms with E-state index in [2.05, 4.69) is 0 Å². The summed E-state index contributed by atoms with van der Waals surface area (Å²) < 4.78 is 0. The first-order chi connectivity index (χ1) is 12.8. The van der Waals surface area contributed by atoms with Crippen LogP contribution in [0.15, 0.2) is 97.1 Å². The van der Waals surface area contributed by atoms with Crippen LogP contribution in [0.25, 0.3) is 11.1 Å². The molecule has 0 amide bonds. The number of rotatable bonds is 1. The second-order valence-electron chi connectivity index (χ2n) is 6.10. The zero-order valence-corrected chi connectivity index (χ0v) is 15.5. The summed E-state index contributed by atoms with van der Waals surface area (Å²) in [6.45, 7) is 0. The van der Waals surface area contributed by atoms with Gasteiger partial charge in [0.2, 0.25) is 0 Å². The Balaban J connectivity index is 0.000000306. The Labute approximate surface area is 168 Å². The van der Waals surface area contributed by atoms with E-state index in [1.165, 1.54) is 0 Å². The molecule has 0 atom stereocenters. The first-order valence-electron chi connectivity index (χ1n) is 8.47. The molecule has 1 aliphatic rings. The number of benzene rings is 2. The van der Waals surface area contributed by atoms with E-state index < -0.39 is 0 Å². The van der Waals surface area contributed by atoms with Gasteiger partial charge in [-0.05, 0) is 0 Å². The SMILES string of the molecule is O=C1c2ccccc2C(=O)c2cc(-[c-]3cccc3)ccc21.[Fe+2].c1cc[cH-]c1. The van der Waals surface area contributed by atoms with Crippen LogP contribution in [0.5, 0.6) is 0 Å². The summed E-state index contributed by atoms with van der Waals surface area (Å²) in [6, 6.07) is 30.4. The molecule has 2 nitrogen and oxygen atoms in total. The van der Waals surface area contributed by atoms with Crippen molar-refractivity contribution in [2.24, 2.45) is 0 Å². The summed E-state index contributed by atoms with van der Waals surface area (Å²) in [7, 11) is 0.